The van der Waals surface area contributed by atoms with E-state index in [0.717, 1.165) is 19.4 Å². The summed E-state index contributed by atoms with van der Waals surface area (Å²) in [7, 11) is -3.62. The largest absolute Gasteiger partial charge is 0.422 e. The standard InChI is InChI=1S/C16H15N3O4S.ClH/c20-16(12-4-1-2-8-17-12)23-11-6-7-13-14(10-11)24(21,22)18-15-5-3-9-19(13)15;/h1-2,4,6-8,10,15,18H,3,5,9H2;1H. The molecule has 0 radical (unpaired) electrons. The average Bonchev–Trinajstić information content (AvgIpc) is 3.03. The maximum Gasteiger partial charge on any atom is 0.362 e. The molecule has 4 rings (SSSR count). The monoisotopic (exact) mass is 381 g/mol. The van der Waals surface area contributed by atoms with Gasteiger partial charge in [0.2, 0.25) is 10.0 Å². The van der Waals surface area contributed by atoms with E-state index in [0.29, 0.717) is 5.69 Å². The number of fused-ring (bicyclic) bond motifs is 3. The van der Waals surface area contributed by atoms with E-state index >= 15 is 0 Å². The second-order valence-electron chi connectivity index (χ2n) is 5.71. The van der Waals surface area contributed by atoms with Gasteiger partial charge in [0.15, 0.2) is 0 Å². The van der Waals surface area contributed by atoms with Gasteiger partial charge in [-0.3, -0.25) is 0 Å². The van der Waals surface area contributed by atoms with Crippen LogP contribution in [0.2, 0.25) is 0 Å². The predicted octanol–water partition coefficient (Wildman–Crippen LogP) is 1.94. The van der Waals surface area contributed by atoms with Crippen molar-refractivity contribution >= 4 is 34.1 Å². The molecule has 1 atom stereocenters. The van der Waals surface area contributed by atoms with Crippen molar-refractivity contribution in [2.45, 2.75) is 23.9 Å². The topological polar surface area (TPSA) is 88.6 Å². The molecule has 0 saturated carbocycles. The average molecular weight is 382 g/mol. The first-order valence-corrected chi connectivity index (χ1v) is 9.09. The van der Waals surface area contributed by atoms with Crippen molar-refractivity contribution in [3.63, 3.8) is 0 Å². The van der Waals surface area contributed by atoms with Gasteiger partial charge >= 0.3 is 5.97 Å². The third kappa shape index (κ3) is 3.20. The second kappa shape index (κ2) is 6.62. The SMILES string of the molecule is Cl.O=C(Oc1ccc2c(c1)S(=O)(=O)NC1CCCN21)c1ccccn1. The number of hydrogen-bond acceptors (Lipinski definition) is 6. The van der Waals surface area contributed by atoms with E-state index in [-0.39, 0.29) is 34.9 Å². The Hall–Kier alpha value is -2.16. The van der Waals surface area contributed by atoms with Gasteiger partial charge in [-0.05, 0) is 37.1 Å². The van der Waals surface area contributed by atoms with Crippen LogP contribution in [0.4, 0.5) is 5.69 Å². The fourth-order valence-corrected chi connectivity index (χ4v) is 4.54. The maximum atomic E-state index is 12.4. The summed E-state index contributed by atoms with van der Waals surface area (Å²) in [6, 6.07) is 9.59. The maximum absolute atomic E-state index is 12.4. The van der Waals surface area contributed by atoms with Crippen LogP contribution in [0, 0.1) is 0 Å². The van der Waals surface area contributed by atoms with Crippen molar-refractivity contribution in [3.8, 4) is 5.75 Å². The van der Waals surface area contributed by atoms with E-state index in [4.69, 9.17) is 4.74 Å². The van der Waals surface area contributed by atoms with Gasteiger partial charge in [-0.15, -0.1) is 12.4 Å². The van der Waals surface area contributed by atoms with Crippen LogP contribution in [0.5, 0.6) is 5.75 Å². The molecular weight excluding hydrogens is 366 g/mol. The summed E-state index contributed by atoms with van der Waals surface area (Å²) in [6.45, 7) is 0.799. The molecule has 0 aliphatic carbocycles. The molecule has 0 bridgehead atoms. The lowest BCUT2D eigenvalue weighted by Gasteiger charge is -2.33. The first-order chi connectivity index (χ1) is 11.5. The Labute approximate surface area is 151 Å². The molecular formula is C16H16ClN3O4S. The number of halogens is 1. The summed E-state index contributed by atoms with van der Waals surface area (Å²) >= 11 is 0. The van der Waals surface area contributed by atoms with Crippen molar-refractivity contribution < 1.29 is 17.9 Å². The molecule has 0 spiro atoms. The predicted molar refractivity (Wildman–Crippen MR) is 93.6 cm³/mol. The van der Waals surface area contributed by atoms with Crippen molar-refractivity contribution in [2.75, 3.05) is 11.4 Å². The number of nitrogens with one attached hydrogen (secondary N) is 1. The van der Waals surface area contributed by atoms with Crippen molar-refractivity contribution in [1.82, 2.24) is 9.71 Å². The van der Waals surface area contributed by atoms with Crippen molar-refractivity contribution in [2.24, 2.45) is 0 Å². The Kier molecular flexibility index (Phi) is 4.68. The number of benzene rings is 1. The molecule has 1 fully saturated rings. The molecule has 1 aromatic heterocycles. The Balaban J connectivity index is 0.00000182. The minimum atomic E-state index is -3.62. The summed E-state index contributed by atoms with van der Waals surface area (Å²) in [4.78, 5) is 18.1. The third-order valence-corrected chi connectivity index (χ3v) is 5.65. The number of pyridine rings is 1. The van der Waals surface area contributed by atoms with Gasteiger partial charge in [0, 0.05) is 18.8 Å². The van der Waals surface area contributed by atoms with Crippen LogP contribution in [0.3, 0.4) is 0 Å². The molecule has 9 heteroatoms. The highest BCUT2D eigenvalue weighted by Gasteiger charge is 2.37. The molecule has 3 heterocycles. The lowest BCUT2D eigenvalue weighted by molar-refractivity contribution is 0.0728. The number of esters is 1. The van der Waals surface area contributed by atoms with Crippen LogP contribution in [-0.2, 0) is 10.0 Å². The number of sulfonamides is 1. The third-order valence-electron chi connectivity index (χ3n) is 4.16. The van der Waals surface area contributed by atoms with Gasteiger partial charge in [-0.1, -0.05) is 6.07 Å². The number of rotatable bonds is 2. The lowest BCUT2D eigenvalue weighted by atomic mass is 10.2. The molecule has 1 unspecified atom stereocenters. The van der Waals surface area contributed by atoms with Crippen LogP contribution < -0.4 is 14.4 Å². The molecule has 0 amide bonds. The Morgan fingerprint density at radius 2 is 2.12 bits per heavy atom. The zero-order valence-electron chi connectivity index (χ0n) is 13.1. The highest BCUT2D eigenvalue weighted by Crippen LogP contribution is 2.37. The van der Waals surface area contributed by atoms with Crippen LogP contribution in [-0.4, -0.2) is 32.1 Å². The fourth-order valence-electron chi connectivity index (χ4n) is 3.07. The van der Waals surface area contributed by atoms with E-state index in [1.54, 1.807) is 24.3 Å². The van der Waals surface area contributed by atoms with Crippen molar-refractivity contribution in [1.29, 1.82) is 0 Å². The van der Waals surface area contributed by atoms with Gasteiger partial charge in [-0.25, -0.2) is 18.2 Å². The number of ether oxygens (including phenoxy) is 1. The van der Waals surface area contributed by atoms with E-state index in [1.807, 2.05) is 4.90 Å². The zero-order valence-corrected chi connectivity index (χ0v) is 14.7. The number of carbonyl (C=O) groups excluding carboxylic acids is 1. The lowest BCUT2D eigenvalue weighted by Crippen LogP contribution is -2.48. The highest BCUT2D eigenvalue weighted by atomic mass is 35.5. The quantitative estimate of drug-likeness (QED) is 0.631. The number of anilines is 1. The number of carbonyl (C=O) groups is 1. The van der Waals surface area contributed by atoms with Crippen LogP contribution in [0.1, 0.15) is 23.3 Å². The molecule has 1 saturated heterocycles. The molecule has 2 aliphatic heterocycles. The molecule has 132 valence electrons. The van der Waals surface area contributed by atoms with Gasteiger partial charge in [0.05, 0.1) is 11.9 Å². The van der Waals surface area contributed by atoms with Gasteiger partial charge in [0.1, 0.15) is 16.3 Å². The van der Waals surface area contributed by atoms with Gasteiger partial charge < -0.3 is 9.64 Å². The van der Waals surface area contributed by atoms with E-state index in [2.05, 4.69) is 9.71 Å². The number of hydrogen-bond donors (Lipinski definition) is 1. The summed E-state index contributed by atoms with van der Waals surface area (Å²) in [5, 5.41) is 0. The van der Waals surface area contributed by atoms with Crippen LogP contribution in [0.15, 0.2) is 47.5 Å². The molecule has 1 aromatic carbocycles. The minimum Gasteiger partial charge on any atom is -0.422 e. The zero-order chi connectivity index (χ0) is 16.7. The van der Waals surface area contributed by atoms with Gasteiger partial charge in [0.25, 0.3) is 0 Å². The summed E-state index contributed by atoms with van der Waals surface area (Å²) in [5.41, 5.74) is 0.810. The summed E-state index contributed by atoms with van der Waals surface area (Å²) < 4.78 is 32.8. The van der Waals surface area contributed by atoms with Crippen LogP contribution >= 0.6 is 12.4 Å². The Bertz CT molecular complexity index is 905. The van der Waals surface area contributed by atoms with E-state index < -0.39 is 16.0 Å². The Morgan fingerprint density at radius 3 is 2.88 bits per heavy atom. The number of nitrogens with zero attached hydrogens (tertiary/aromatic N) is 2. The Morgan fingerprint density at radius 1 is 1.28 bits per heavy atom. The van der Waals surface area contributed by atoms with Crippen molar-refractivity contribution in [3.05, 3.63) is 48.3 Å². The molecule has 25 heavy (non-hydrogen) atoms. The molecule has 1 N–H and O–H groups in total. The smallest absolute Gasteiger partial charge is 0.362 e. The highest BCUT2D eigenvalue weighted by molar-refractivity contribution is 7.89. The second-order valence-corrected chi connectivity index (χ2v) is 7.39. The van der Waals surface area contributed by atoms with Gasteiger partial charge in [-0.2, -0.15) is 4.72 Å². The molecule has 7 nitrogen and oxygen atoms in total. The van der Waals surface area contributed by atoms with E-state index in [9.17, 15) is 13.2 Å². The summed E-state index contributed by atoms with van der Waals surface area (Å²) in [5.74, 6) is -0.455. The first-order valence-electron chi connectivity index (χ1n) is 7.61. The van der Waals surface area contributed by atoms with Crippen LogP contribution in [0.25, 0.3) is 0 Å². The fraction of sp³-hybridized carbons (Fsp3) is 0.250. The van der Waals surface area contributed by atoms with E-state index in [1.165, 1.54) is 18.3 Å². The normalized spacial score (nSPS) is 20.2. The molecule has 2 aromatic rings. The minimum absolute atomic E-state index is 0. The number of aromatic nitrogens is 1. The molecule has 2 aliphatic rings. The summed E-state index contributed by atoms with van der Waals surface area (Å²) in [6.07, 6.45) is 3.02. The first kappa shape index (κ1) is 17.7.